The number of fused-ring (bicyclic) bond motifs is 1. The Morgan fingerprint density at radius 1 is 0.871 bits per heavy atom. The van der Waals surface area contributed by atoms with Crippen LogP contribution in [0.4, 0.5) is 4.39 Å². The molecule has 0 radical (unpaired) electrons. The van der Waals surface area contributed by atoms with Crippen molar-refractivity contribution in [2.24, 2.45) is 0 Å². The number of aryl methyl sites for hydroxylation is 1. The summed E-state index contributed by atoms with van der Waals surface area (Å²) in [4.78, 5) is 34.4. The van der Waals surface area contributed by atoms with Crippen LogP contribution in [0.5, 0.6) is 0 Å². The monoisotopic (exact) mass is 415 g/mol. The van der Waals surface area contributed by atoms with Gasteiger partial charge in [-0.2, -0.15) is 0 Å². The van der Waals surface area contributed by atoms with Crippen LogP contribution in [-0.4, -0.2) is 20.8 Å². The van der Waals surface area contributed by atoms with Gasteiger partial charge in [0.15, 0.2) is 0 Å². The molecule has 0 bridgehead atoms. The van der Waals surface area contributed by atoms with E-state index in [2.05, 4.69) is 9.97 Å². The van der Waals surface area contributed by atoms with Gasteiger partial charge in [-0.1, -0.05) is 54.6 Å². The predicted octanol–water partition coefficient (Wildman–Crippen LogP) is 4.22. The zero-order valence-electron chi connectivity index (χ0n) is 16.9. The molecule has 1 aromatic heterocycles. The highest BCUT2D eigenvalue weighted by molar-refractivity contribution is 5.78. The van der Waals surface area contributed by atoms with Crippen LogP contribution in [0, 0.1) is 5.82 Å². The molecule has 156 valence electrons. The number of carbonyl (C=O) groups excluding carboxylic acids is 1. The number of para-hydroxylation sites is 1. The van der Waals surface area contributed by atoms with Gasteiger partial charge in [0.05, 0.1) is 17.4 Å². The van der Waals surface area contributed by atoms with E-state index >= 15 is 0 Å². The van der Waals surface area contributed by atoms with Crippen molar-refractivity contribution in [2.75, 3.05) is 0 Å². The van der Waals surface area contributed by atoms with E-state index in [-0.39, 0.29) is 23.8 Å². The Morgan fingerprint density at radius 3 is 2.35 bits per heavy atom. The molecule has 0 fully saturated rings. The van der Waals surface area contributed by atoms with Crippen LogP contribution in [0.15, 0.2) is 83.7 Å². The number of nitrogens with zero attached hydrogens (tertiary/aromatic N) is 2. The Balaban J connectivity index is 1.57. The Labute approximate surface area is 179 Å². The average Bonchev–Trinajstić information content (AvgIpc) is 2.79. The standard InChI is InChI=1S/C25H22FN3O2/c26-20-13-10-19(11-14-20)16-29(24(30)15-12-18-6-2-1-3-7-18)17-23-27-22-9-5-4-8-21(22)25(31)28-23/h1-11,13-14H,12,15-17H2,(H,27,28,31). The van der Waals surface area contributed by atoms with Crippen molar-refractivity contribution in [1.29, 1.82) is 0 Å². The lowest BCUT2D eigenvalue weighted by atomic mass is 10.1. The second-order valence-corrected chi connectivity index (χ2v) is 7.39. The molecule has 0 aliphatic carbocycles. The highest BCUT2D eigenvalue weighted by Crippen LogP contribution is 2.14. The molecule has 3 aromatic carbocycles. The molecular formula is C25H22FN3O2. The second-order valence-electron chi connectivity index (χ2n) is 7.39. The van der Waals surface area contributed by atoms with E-state index in [1.54, 1.807) is 35.2 Å². The third kappa shape index (κ3) is 5.22. The summed E-state index contributed by atoms with van der Waals surface area (Å²) in [5, 5.41) is 0.506. The summed E-state index contributed by atoms with van der Waals surface area (Å²) in [5.41, 5.74) is 2.23. The van der Waals surface area contributed by atoms with Gasteiger partial charge in [0, 0.05) is 13.0 Å². The van der Waals surface area contributed by atoms with E-state index in [4.69, 9.17) is 0 Å². The molecule has 0 atom stereocenters. The molecule has 0 unspecified atom stereocenters. The Kier molecular flexibility index (Phi) is 6.17. The number of H-pyrrole nitrogens is 1. The van der Waals surface area contributed by atoms with E-state index in [0.29, 0.717) is 36.1 Å². The molecule has 4 rings (SSSR count). The van der Waals surface area contributed by atoms with Gasteiger partial charge >= 0.3 is 0 Å². The lowest BCUT2D eigenvalue weighted by molar-refractivity contribution is -0.132. The SMILES string of the molecule is O=C(CCc1ccccc1)N(Cc1ccc(F)cc1)Cc1nc2ccccc2c(=O)[nH]1. The number of aromatic amines is 1. The largest absolute Gasteiger partial charge is 0.331 e. The molecule has 1 heterocycles. The van der Waals surface area contributed by atoms with E-state index in [1.807, 2.05) is 36.4 Å². The van der Waals surface area contributed by atoms with Crippen LogP contribution < -0.4 is 5.56 Å². The van der Waals surface area contributed by atoms with Gasteiger partial charge in [0.2, 0.25) is 5.91 Å². The number of rotatable bonds is 7. The first kappa shape index (κ1) is 20.5. The lowest BCUT2D eigenvalue weighted by Gasteiger charge is -2.23. The van der Waals surface area contributed by atoms with Crippen molar-refractivity contribution >= 4 is 16.8 Å². The summed E-state index contributed by atoms with van der Waals surface area (Å²) in [6, 6.07) is 22.9. The Hall–Kier alpha value is -3.80. The van der Waals surface area contributed by atoms with E-state index in [9.17, 15) is 14.0 Å². The van der Waals surface area contributed by atoms with Gasteiger partial charge in [-0.15, -0.1) is 0 Å². The van der Waals surface area contributed by atoms with Crippen LogP contribution in [0.3, 0.4) is 0 Å². The van der Waals surface area contributed by atoms with Crippen LogP contribution >= 0.6 is 0 Å². The summed E-state index contributed by atoms with van der Waals surface area (Å²) in [5.74, 6) is 0.0223. The van der Waals surface area contributed by atoms with Crippen LogP contribution in [0.25, 0.3) is 10.9 Å². The number of halogens is 1. The Bertz CT molecular complexity index is 1240. The fourth-order valence-corrected chi connectivity index (χ4v) is 3.49. The smallest absolute Gasteiger partial charge is 0.258 e. The van der Waals surface area contributed by atoms with Crippen LogP contribution in [0.2, 0.25) is 0 Å². The summed E-state index contributed by atoms with van der Waals surface area (Å²) >= 11 is 0. The molecule has 5 nitrogen and oxygen atoms in total. The van der Waals surface area contributed by atoms with E-state index in [1.165, 1.54) is 12.1 Å². The Morgan fingerprint density at radius 2 is 1.58 bits per heavy atom. The number of amides is 1. The molecule has 0 spiro atoms. The van der Waals surface area contributed by atoms with Gasteiger partial charge in [-0.3, -0.25) is 9.59 Å². The maximum absolute atomic E-state index is 13.3. The molecule has 4 aromatic rings. The van der Waals surface area contributed by atoms with Gasteiger partial charge in [0.1, 0.15) is 11.6 Å². The van der Waals surface area contributed by atoms with Crippen molar-refractivity contribution in [1.82, 2.24) is 14.9 Å². The number of hydrogen-bond donors (Lipinski definition) is 1. The van der Waals surface area contributed by atoms with Crippen LogP contribution in [-0.2, 0) is 24.3 Å². The number of benzene rings is 3. The normalized spacial score (nSPS) is 10.9. The van der Waals surface area contributed by atoms with Gasteiger partial charge < -0.3 is 9.88 Å². The molecule has 0 saturated heterocycles. The van der Waals surface area contributed by atoms with Crippen molar-refractivity contribution in [2.45, 2.75) is 25.9 Å². The highest BCUT2D eigenvalue weighted by Gasteiger charge is 2.17. The van der Waals surface area contributed by atoms with E-state index < -0.39 is 0 Å². The number of hydrogen-bond acceptors (Lipinski definition) is 3. The minimum Gasteiger partial charge on any atom is -0.331 e. The third-order valence-corrected chi connectivity index (χ3v) is 5.11. The molecule has 0 aliphatic rings. The fourth-order valence-electron chi connectivity index (χ4n) is 3.49. The lowest BCUT2D eigenvalue weighted by Crippen LogP contribution is -2.32. The molecule has 1 amide bonds. The van der Waals surface area contributed by atoms with Gasteiger partial charge in [-0.25, -0.2) is 9.37 Å². The molecule has 6 heteroatoms. The van der Waals surface area contributed by atoms with Crippen molar-refractivity contribution in [3.63, 3.8) is 0 Å². The summed E-state index contributed by atoms with van der Waals surface area (Å²) in [6.45, 7) is 0.454. The summed E-state index contributed by atoms with van der Waals surface area (Å²) in [6.07, 6.45) is 0.935. The highest BCUT2D eigenvalue weighted by atomic mass is 19.1. The zero-order chi connectivity index (χ0) is 21.6. The van der Waals surface area contributed by atoms with Crippen molar-refractivity contribution < 1.29 is 9.18 Å². The predicted molar refractivity (Wildman–Crippen MR) is 118 cm³/mol. The van der Waals surface area contributed by atoms with Crippen molar-refractivity contribution in [3.05, 3.63) is 112 Å². The molecule has 0 saturated carbocycles. The second kappa shape index (κ2) is 9.34. The maximum Gasteiger partial charge on any atom is 0.258 e. The van der Waals surface area contributed by atoms with Gasteiger partial charge in [0.25, 0.3) is 5.56 Å². The first-order valence-electron chi connectivity index (χ1n) is 10.1. The van der Waals surface area contributed by atoms with E-state index in [0.717, 1.165) is 11.1 Å². The molecular weight excluding hydrogens is 393 g/mol. The molecule has 31 heavy (non-hydrogen) atoms. The zero-order valence-corrected chi connectivity index (χ0v) is 16.9. The minimum absolute atomic E-state index is 0.0658. The van der Waals surface area contributed by atoms with Crippen molar-refractivity contribution in [3.8, 4) is 0 Å². The quantitative estimate of drug-likeness (QED) is 0.491. The number of aromatic nitrogens is 2. The third-order valence-electron chi connectivity index (χ3n) is 5.11. The first-order chi connectivity index (χ1) is 15.1. The fraction of sp³-hybridized carbons (Fsp3) is 0.160. The average molecular weight is 415 g/mol. The molecule has 0 aliphatic heterocycles. The number of nitrogens with one attached hydrogen (secondary N) is 1. The maximum atomic E-state index is 13.3. The molecule has 1 N–H and O–H groups in total. The number of carbonyl (C=O) groups is 1. The summed E-state index contributed by atoms with van der Waals surface area (Å²) < 4.78 is 13.3. The van der Waals surface area contributed by atoms with Gasteiger partial charge in [-0.05, 0) is 41.8 Å². The topological polar surface area (TPSA) is 66.1 Å². The first-order valence-corrected chi connectivity index (χ1v) is 10.1. The minimum atomic E-state index is -0.328. The summed E-state index contributed by atoms with van der Waals surface area (Å²) in [7, 11) is 0. The van der Waals surface area contributed by atoms with Crippen LogP contribution in [0.1, 0.15) is 23.4 Å².